The summed E-state index contributed by atoms with van der Waals surface area (Å²) < 4.78 is 0. The Morgan fingerprint density at radius 2 is 1.46 bits per heavy atom. The summed E-state index contributed by atoms with van der Waals surface area (Å²) in [5, 5.41) is 36.1. The number of hydrogen-bond donors (Lipinski definition) is 8. The highest BCUT2D eigenvalue weighted by molar-refractivity contribution is 5.94. The minimum atomic E-state index is -1.58. The molecule has 0 spiro atoms. The highest BCUT2D eigenvalue weighted by Crippen LogP contribution is 2.12. The first-order valence-corrected chi connectivity index (χ1v) is 11.8. The van der Waals surface area contributed by atoms with E-state index in [-0.39, 0.29) is 30.9 Å². The number of carbonyl (C=O) groups excluding carboxylic acids is 4. The van der Waals surface area contributed by atoms with Crippen molar-refractivity contribution in [1.82, 2.24) is 16.0 Å². The van der Waals surface area contributed by atoms with Gasteiger partial charge >= 0.3 is 5.97 Å². The van der Waals surface area contributed by atoms with Crippen LogP contribution in [0.1, 0.15) is 45.6 Å². The number of aliphatic carboxylic acids is 1. The number of aromatic hydroxyl groups is 1. The average Bonchev–Trinajstić information content (AvgIpc) is 2.79. The third-order valence-corrected chi connectivity index (χ3v) is 5.43. The van der Waals surface area contributed by atoms with Gasteiger partial charge in [0.15, 0.2) is 0 Å². The van der Waals surface area contributed by atoms with Crippen LogP contribution in [0.3, 0.4) is 0 Å². The molecule has 0 aliphatic rings. The predicted molar refractivity (Wildman–Crippen MR) is 133 cm³/mol. The van der Waals surface area contributed by atoms with Crippen LogP contribution < -0.4 is 27.4 Å². The van der Waals surface area contributed by atoms with Gasteiger partial charge in [0.05, 0.1) is 12.1 Å². The van der Waals surface area contributed by atoms with Crippen LogP contribution in [0, 0.1) is 5.92 Å². The van der Waals surface area contributed by atoms with Crippen molar-refractivity contribution in [1.29, 1.82) is 0 Å². The van der Waals surface area contributed by atoms with Gasteiger partial charge in [-0.2, -0.15) is 0 Å². The van der Waals surface area contributed by atoms with E-state index in [1.807, 2.05) is 13.8 Å². The molecule has 0 heterocycles. The van der Waals surface area contributed by atoms with Gasteiger partial charge < -0.3 is 42.7 Å². The van der Waals surface area contributed by atoms with E-state index in [1.54, 1.807) is 0 Å². The Bertz CT molecular complexity index is 951. The van der Waals surface area contributed by atoms with Gasteiger partial charge in [0.1, 0.15) is 23.9 Å². The maximum atomic E-state index is 12.9. The highest BCUT2D eigenvalue weighted by atomic mass is 16.4. The number of nitrogens with two attached hydrogens (primary N) is 2. The number of benzene rings is 1. The van der Waals surface area contributed by atoms with Gasteiger partial charge in [-0.25, -0.2) is 4.79 Å². The Labute approximate surface area is 215 Å². The second-order valence-electron chi connectivity index (χ2n) is 9.30. The molecule has 10 N–H and O–H groups in total. The molecule has 1 aromatic rings. The molecule has 0 saturated heterocycles. The zero-order chi connectivity index (χ0) is 28.3. The number of carbonyl (C=O) groups is 5. The fraction of sp³-hybridized carbons (Fsp3) is 0.542. The largest absolute Gasteiger partial charge is 0.508 e. The predicted octanol–water partition coefficient (Wildman–Crippen LogP) is -1.51. The lowest BCUT2D eigenvalue weighted by atomic mass is 10.0. The highest BCUT2D eigenvalue weighted by Gasteiger charge is 2.33. The Morgan fingerprint density at radius 3 is 1.95 bits per heavy atom. The molecule has 0 aliphatic carbocycles. The van der Waals surface area contributed by atoms with Crippen LogP contribution in [-0.4, -0.2) is 75.2 Å². The maximum absolute atomic E-state index is 12.9. The molecule has 0 aliphatic heterocycles. The van der Waals surface area contributed by atoms with Crippen molar-refractivity contribution in [3.63, 3.8) is 0 Å². The molecule has 1 rings (SSSR count). The van der Waals surface area contributed by atoms with Crippen LogP contribution in [-0.2, 0) is 30.4 Å². The number of primary amides is 1. The Kier molecular flexibility index (Phi) is 12.5. The molecule has 1 aromatic carbocycles. The van der Waals surface area contributed by atoms with Crippen molar-refractivity contribution >= 4 is 29.6 Å². The molecular formula is C24H37N5O8. The lowest BCUT2D eigenvalue weighted by Crippen LogP contribution is -2.60. The first-order chi connectivity index (χ1) is 17.2. The summed E-state index contributed by atoms with van der Waals surface area (Å²) in [6.07, 6.45) is -1.67. The number of carboxylic acids is 1. The number of phenols is 1. The molecular weight excluding hydrogens is 486 g/mol. The van der Waals surface area contributed by atoms with Gasteiger partial charge in [-0.1, -0.05) is 26.0 Å². The average molecular weight is 524 g/mol. The summed E-state index contributed by atoms with van der Waals surface area (Å²) in [6.45, 7) is 4.94. The lowest BCUT2D eigenvalue weighted by molar-refractivity contribution is -0.143. The number of aliphatic hydroxyl groups excluding tert-OH is 1. The number of phenolic OH excluding ortho intramolecular Hbond substituents is 1. The van der Waals surface area contributed by atoms with E-state index in [2.05, 4.69) is 16.0 Å². The molecule has 13 nitrogen and oxygen atoms in total. The van der Waals surface area contributed by atoms with Gasteiger partial charge in [0, 0.05) is 12.8 Å². The number of hydrogen-bond acceptors (Lipinski definition) is 8. The summed E-state index contributed by atoms with van der Waals surface area (Å²) in [5.74, 6) is -4.50. The minimum absolute atomic E-state index is 0.0142. The van der Waals surface area contributed by atoms with E-state index >= 15 is 0 Å². The SMILES string of the molecule is CC(C)CC(N)C(=O)NC(CCC(N)=O)C(=O)NC(C(=O)NC(Cc1ccc(O)cc1)C(=O)O)C(C)O. The first-order valence-electron chi connectivity index (χ1n) is 11.8. The molecule has 5 atom stereocenters. The minimum Gasteiger partial charge on any atom is -0.508 e. The topological polar surface area (TPSA) is 234 Å². The molecule has 0 aromatic heterocycles. The zero-order valence-electron chi connectivity index (χ0n) is 21.1. The van der Waals surface area contributed by atoms with E-state index in [0.717, 1.165) is 0 Å². The third kappa shape index (κ3) is 11.3. The van der Waals surface area contributed by atoms with E-state index in [9.17, 15) is 39.3 Å². The molecule has 0 radical (unpaired) electrons. The van der Waals surface area contributed by atoms with Crippen LogP contribution in [0.4, 0.5) is 0 Å². The second-order valence-corrected chi connectivity index (χ2v) is 9.30. The molecule has 0 fully saturated rings. The van der Waals surface area contributed by atoms with Gasteiger partial charge in [-0.3, -0.25) is 19.2 Å². The molecule has 4 amide bonds. The summed E-state index contributed by atoms with van der Waals surface area (Å²) >= 11 is 0. The fourth-order valence-corrected chi connectivity index (χ4v) is 3.44. The zero-order valence-corrected chi connectivity index (χ0v) is 21.1. The van der Waals surface area contributed by atoms with Crippen LogP contribution in [0.25, 0.3) is 0 Å². The van der Waals surface area contributed by atoms with Gasteiger partial charge in [-0.05, 0) is 43.4 Å². The van der Waals surface area contributed by atoms with Crippen molar-refractivity contribution < 1.29 is 39.3 Å². The quantitative estimate of drug-likeness (QED) is 0.133. The third-order valence-electron chi connectivity index (χ3n) is 5.43. The standard InChI is InChI=1S/C24H37N5O8/c1-12(2)10-16(25)21(33)27-17(8-9-19(26)32)22(34)29-20(13(3)30)23(35)28-18(24(36)37)11-14-4-6-15(31)7-5-14/h4-7,12-13,16-18,20,30-31H,8-11,25H2,1-3H3,(H2,26,32)(H,27,33)(H,28,35)(H,29,34)(H,36,37). The second kappa shape index (κ2) is 14.8. The number of amides is 4. The van der Waals surface area contributed by atoms with E-state index in [4.69, 9.17) is 11.5 Å². The summed E-state index contributed by atoms with van der Waals surface area (Å²) in [5.41, 5.74) is 11.5. The van der Waals surface area contributed by atoms with E-state index in [0.29, 0.717) is 12.0 Å². The number of nitrogens with one attached hydrogen (secondary N) is 3. The fourth-order valence-electron chi connectivity index (χ4n) is 3.44. The number of aliphatic hydroxyl groups is 1. The van der Waals surface area contributed by atoms with Gasteiger partial charge in [0.2, 0.25) is 23.6 Å². The number of carboxylic acid groups (broad SMARTS) is 1. The molecule has 0 saturated carbocycles. The number of rotatable bonds is 15. The Hall–Kier alpha value is -3.71. The normalized spacial score (nSPS) is 15.1. The van der Waals surface area contributed by atoms with Crippen molar-refractivity contribution in [2.45, 2.75) is 76.7 Å². The van der Waals surface area contributed by atoms with E-state index < -0.39 is 59.9 Å². The van der Waals surface area contributed by atoms with Crippen LogP contribution in [0.5, 0.6) is 5.75 Å². The summed E-state index contributed by atoms with van der Waals surface area (Å²) in [7, 11) is 0. The van der Waals surface area contributed by atoms with Crippen LogP contribution in [0.15, 0.2) is 24.3 Å². The van der Waals surface area contributed by atoms with Gasteiger partial charge in [-0.15, -0.1) is 0 Å². The molecule has 206 valence electrons. The Balaban J connectivity index is 2.99. The smallest absolute Gasteiger partial charge is 0.326 e. The lowest BCUT2D eigenvalue weighted by Gasteiger charge is -2.26. The molecule has 37 heavy (non-hydrogen) atoms. The van der Waals surface area contributed by atoms with Crippen molar-refractivity contribution in [3.05, 3.63) is 29.8 Å². The van der Waals surface area contributed by atoms with Crippen molar-refractivity contribution in [2.24, 2.45) is 17.4 Å². The summed E-state index contributed by atoms with van der Waals surface area (Å²) in [6, 6.07) is 0.504. The van der Waals surface area contributed by atoms with Crippen molar-refractivity contribution in [3.8, 4) is 5.75 Å². The van der Waals surface area contributed by atoms with Crippen LogP contribution in [0.2, 0.25) is 0 Å². The molecule has 0 bridgehead atoms. The van der Waals surface area contributed by atoms with Gasteiger partial charge in [0.25, 0.3) is 0 Å². The van der Waals surface area contributed by atoms with E-state index in [1.165, 1.54) is 31.2 Å². The summed E-state index contributed by atoms with van der Waals surface area (Å²) in [4.78, 5) is 61.2. The molecule has 13 heteroatoms. The first kappa shape index (κ1) is 31.3. The monoisotopic (exact) mass is 523 g/mol. The van der Waals surface area contributed by atoms with Crippen molar-refractivity contribution in [2.75, 3.05) is 0 Å². The maximum Gasteiger partial charge on any atom is 0.326 e. The Morgan fingerprint density at radius 1 is 0.892 bits per heavy atom. The molecule has 5 unspecified atom stereocenters. The van der Waals surface area contributed by atoms with Crippen LogP contribution >= 0.6 is 0 Å².